The van der Waals surface area contributed by atoms with Crippen molar-refractivity contribution in [1.29, 1.82) is 0 Å². The monoisotopic (exact) mass is 227 g/mol. The van der Waals surface area contributed by atoms with E-state index in [2.05, 4.69) is 0 Å². The minimum Gasteiger partial charge on any atom is -0.349 e. The highest BCUT2D eigenvalue weighted by atomic mass is 16.5. The van der Waals surface area contributed by atoms with Gasteiger partial charge in [-0.15, -0.1) is 0 Å². The third-order valence-electron chi connectivity index (χ3n) is 2.99. The first kappa shape index (κ1) is 13.2. The largest absolute Gasteiger partial charge is 0.349 e. The summed E-state index contributed by atoms with van der Waals surface area (Å²) in [4.78, 5) is 24.4. The summed E-state index contributed by atoms with van der Waals surface area (Å²) < 4.78 is 5.33. The summed E-state index contributed by atoms with van der Waals surface area (Å²) >= 11 is 0. The molecule has 1 fully saturated rings. The highest BCUT2D eigenvalue weighted by molar-refractivity contribution is 5.80. The molecule has 1 aliphatic heterocycles. The lowest BCUT2D eigenvalue weighted by atomic mass is 10.0. The zero-order valence-electron chi connectivity index (χ0n) is 10.3. The summed E-state index contributed by atoms with van der Waals surface area (Å²) in [6.45, 7) is 6.60. The summed E-state index contributed by atoms with van der Waals surface area (Å²) in [6.07, 6.45) is 2.40. The van der Waals surface area contributed by atoms with Crippen LogP contribution in [0.3, 0.4) is 0 Å². The van der Waals surface area contributed by atoms with Crippen molar-refractivity contribution in [3.63, 3.8) is 0 Å². The molecule has 0 N–H and O–H groups in total. The molecule has 1 heterocycles. The molecule has 0 aromatic heterocycles. The summed E-state index contributed by atoms with van der Waals surface area (Å²) in [6, 6.07) is 0.0413. The Labute approximate surface area is 96.9 Å². The van der Waals surface area contributed by atoms with Crippen molar-refractivity contribution in [2.24, 2.45) is 5.92 Å². The van der Waals surface area contributed by atoms with Crippen LogP contribution in [0.5, 0.6) is 0 Å². The molecule has 0 spiro atoms. The molecule has 16 heavy (non-hydrogen) atoms. The molecule has 92 valence electrons. The van der Waals surface area contributed by atoms with Crippen LogP contribution in [0.25, 0.3) is 0 Å². The second-order valence-electron chi connectivity index (χ2n) is 4.58. The van der Waals surface area contributed by atoms with E-state index in [0.717, 1.165) is 12.8 Å². The van der Waals surface area contributed by atoms with E-state index in [1.807, 2.05) is 20.8 Å². The van der Waals surface area contributed by atoms with Crippen LogP contribution >= 0.6 is 0 Å². The number of ether oxygens (including phenoxy) is 1. The lowest BCUT2D eigenvalue weighted by Crippen LogP contribution is -2.44. The zero-order chi connectivity index (χ0) is 12.1. The highest BCUT2D eigenvalue weighted by Gasteiger charge is 2.38. The lowest BCUT2D eigenvalue weighted by molar-refractivity contribution is -0.143. The van der Waals surface area contributed by atoms with Crippen LogP contribution in [-0.2, 0) is 14.3 Å². The van der Waals surface area contributed by atoms with Crippen molar-refractivity contribution in [2.75, 3.05) is 6.61 Å². The predicted octanol–water partition coefficient (Wildman–Crippen LogP) is 1.58. The molecular weight excluding hydrogens is 206 g/mol. The van der Waals surface area contributed by atoms with E-state index in [0.29, 0.717) is 25.2 Å². The minimum atomic E-state index is -0.670. The first-order valence-corrected chi connectivity index (χ1v) is 5.99. The van der Waals surface area contributed by atoms with Crippen molar-refractivity contribution in [3.8, 4) is 0 Å². The molecule has 0 radical (unpaired) electrons. The van der Waals surface area contributed by atoms with E-state index in [9.17, 15) is 9.59 Å². The van der Waals surface area contributed by atoms with E-state index < -0.39 is 6.23 Å². The first-order chi connectivity index (χ1) is 7.61. The van der Waals surface area contributed by atoms with E-state index in [-0.39, 0.29) is 11.9 Å². The average Bonchev–Trinajstić information content (AvgIpc) is 2.69. The van der Waals surface area contributed by atoms with Crippen LogP contribution in [0, 0.1) is 5.92 Å². The van der Waals surface area contributed by atoms with Crippen molar-refractivity contribution in [3.05, 3.63) is 0 Å². The molecule has 1 aliphatic rings. The molecule has 0 saturated carbocycles. The fourth-order valence-electron chi connectivity index (χ4n) is 1.95. The molecule has 1 rings (SSSR count). The van der Waals surface area contributed by atoms with Gasteiger partial charge in [0.15, 0.2) is 12.5 Å². The normalized spacial score (nSPS) is 25.1. The number of hydrogen-bond acceptors (Lipinski definition) is 3. The van der Waals surface area contributed by atoms with Crippen LogP contribution in [-0.4, -0.2) is 36.0 Å². The predicted molar refractivity (Wildman–Crippen MR) is 60.8 cm³/mol. The van der Waals surface area contributed by atoms with Crippen LogP contribution in [0.4, 0.5) is 0 Å². The fraction of sp³-hybridized carbons (Fsp3) is 0.833. The van der Waals surface area contributed by atoms with Crippen molar-refractivity contribution >= 4 is 12.2 Å². The van der Waals surface area contributed by atoms with Crippen molar-refractivity contribution in [2.45, 2.75) is 52.3 Å². The molecule has 0 bridgehead atoms. The van der Waals surface area contributed by atoms with Gasteiger partial charge in [0.1, 0.15) is 0 Å². The van der Waals surface area contributed by atoms with E-state index in [1.165, 1.54) is 0 Å². The Bertz CT molecular complexity index is 253. The first-order valence-electron chi connectivity index (χ1n) is 5.99. The third-order valence-corrected chi connectivity index (χ3v) is 2.99. The summed E-state index contributed by atoms with van der Waals surface area (Å²) in [5.41, 5.74) is 0. The molecule has 0 aromatic rings. The van der Waals surface area contributed by atoms with Gasteiger partial charge in [-0.2, -0.15) is 0 Å². The van der Waals surface area contributed by atoms with Crippen molar-refractivity contribution in [1.82, 2.24) is 4.90 Å². The number of hydrogen-bond donors (Lipinski definition) is 0. The number of aldehydes is 1. The van der Waals surface area contributed by atoms with E-state index in [4.69, 9.17) is 4.74 Å². The number of nitrogens with zero attached hydrogens (tertiary/aromatic N) is 1. The maximum Gasteiger partial charge on any atom is 0.225 e. The van der Waals surface area contributed by atoms with Gasteiger partial charge in [-0.1, -0.05) is 27.2 Å². The fourth-order valence-corrected chi connectivity index (χ4v) is 1.95. The summed E-state index contributed by atoms with van der Waals surface area (Å²) in [5.74, 6) is 0.352. The van der Waals surface area contributed by atoms with E-state index in [1.54, 1.807) is 4.90 Å². The third kappa shape index (κ3) is 2.82. The van der Waals surface area contributed by atoms with Crippen LogP contribution in [0.15, 0.2) is 0 Å². The standard InChI is InChI=1S/C12H21NO3/c1-4-5-6-11(15)13-10(9(2)3)8-16-12(13)7-14/h7,9-10,12H,4-6,8H2,1-3H3/t10-,12?/m1/s1. The van der Waals surface area contributed by atoms with Gasteiger partial charge < -0.3 is 9.64 Å². The summed E-state index contributed by atoms with van der Waals surface area (Å²) in [5, 5.41) is 0. The molecule has 0 aromatic carbocycles. The molecule has 1 unspecified atom stereocenters. The second-order valence-corrected chi connectivity index (χ2v) is 4.58. The average molecular weight is 227 g/mol. The van der Waals surface area contributed by atoms with Gasteiger partial charge in [0.2, 0.25) is 5.91 Å². The smallest absolute Gasteiger partial charge is 0.225 e. The SMILES string of the molecule is CCCCC(=O)N1C(C=O)OC[C@@H]1C(C)C. The molecule has 0 aliphatic carbocycles. The topological polar surface area (TPSA) is 46.6 Å². The van der Waals surface area contributed by atoms with Gasteiger partial charge in [-0.05, 0) is 12.3 Å². The quantitative estimate of drug-likeness (QED) is 0.670. The highest BCUT2D eigenvalue weighted by Crippen LogP contribution is 2.23. The Balaban J connectivity index is 2.69. The van der Waals surface area contributed by atoms with Gasteiger partial charge in [-0.25, -0.2) is 0 Å². The van der Waals surface area contributed by atoms with Crippen LogP contribution in [0.1, 0.15) is 40.0 Å². The zero-order valence-corrected chi connectivity index (χ0v) is 10.3. The minimum absolute atomic E-state index is 0.0372. The lowest BCUT2D eigenvalue weighted by Gasteiger charge is -2.28. The number of carbonyl (C=O) groups excluding carboxylic acids is 2. The second kappa shape index (κ2) is 5.99. The number of carbonyl (C=O) groups is 2. The van der Waals surface area contributed by atoms with E-state index >= 15 is 0 Å². The molecule has 1 amide bonds. The Morgan fingerprint density at radius 3 is 2.75 bits per heavy atom. The molecule has 4 nitrogen and oxygen atoms in total. The Morgan fingerprint density at radius 2 is 2.25 bits per heavy atom. The van der Waals surface area contributed by atoms with Gasteiger partial charge in [0.05, 0.1) is 12.6 Å². The number of amides is 1. The van der Waals surface area contributed by atoms with Crippen LogP contribution < -0.4 is 0 Å². The van der Waals surface area contributed by atoms with Gasteiger partial charge >= 0.3 is 0 Å². The number of rotatable bonds is 5. The molecule has 1 saturated heterocycles. The number of unbranched alkanes of at least 4 members (excludes halogenated alkanes) is 1. The molecule has 2 atom stereocenters. The molecular formula is C12H21NO3. The maximum absolute atomic E-state index is 12.0. The Morgan fingerprint density at radius 1 is 1.56 bits per heavy atom. The molecule has 4 heteroatoms. The summed E-state index contributed by atoms with van der Waals surface area (Å²) in [7, 11) is 0. The van der Waals surface area contributed by atoms with Gasteiger partial charge in [-0.3, -0.25) is 9.59 Å². The Kier molecular flexibility index (Phi) is 4.93. The van der Waals surface area contributed by atoms with Gasteiger partial charge in [0, 0.05) is 6.42 Å². The van der Waals surface area contributed by atoms with Crippen LogP contribution in [0.2, 0.25) is 0 Å². The Hall–Kier alpha value is -0.900. The van der Waals surface area contributed by atoms with Gasteiger partial charge in [0.25, 0.3) is 0 Å². The van der Waals surface area contributed by atoms with Crippen molar-refractivity contribution < 1.29 is 14.3 Å². The maximum atomic E-state index is 12.0.